The van der Waals surface area contributed by atoms with Gasteiger partial charge >= 0.3 is 0 Å². The predicted molar refractivity (Wildman–Crippen MR) is 45.9 cm³/mol. The van der Waals surface area contributed by atoms with E-state index in [9.17, 15) is 0 Å². The third-order valence-electron chi connectivity index (χ3n) is 2.39. The van der Waals surface area contributed by atoms with E-state index < -0.39 is 0 Å². The molecule has 0 spiro atoms. The van der Waals surface area contributed by atoms with E-state index in [0.717, 1.165) is 12.8 Å². The van der Waals surface area contributed by atoms with Crippen molar-refractivity contribution in [1.29, 1.82) is 10.5 Å². The SMILES string of the molecule is N#C/C=C(\C#N)C1CCCCC1. The predicted octanol–water partition coefficient (Wildman–Crippen LogP) is 2.54. The summed E-state index contributed by atoms with van der Waals surface area (Å²) in [5.41, 5.74) is 0.678. The van der Waals surface area contributed by atoms with E-state index in [2.05, 4.69) is 6.07 Å². The standard InChI is InChI=1S/C10H12N2/c11-7-6-10(8-12)9-4-2-1-3-5-9/h6,9H,1-5H2/b10-6+. The average molecular weight is 160 g/mol. The Labute approximate surface area is 73.1 Å². The van der Waals surface area contributed by atoms with Gasteiger partial charge in [-0.15, -0.1) is 0 Å². The first-order chi connectivity index (χ1) is 5.88. The van der Waals surface area contributed by atoms with Crippen molar-refractivity contribution in [2.45, 2.75) is 32.1 Å². The Morgan fingerprint density at radius 1 is 1.17 bits per heavy atom. The zero-order valence-corrected chi connectivity index (χ0v) is 7.08. The van der Waals surface area contributed by atoms with Gasteiger partial charge in [0.15, 0.2) is 0 Å². The quantitative estimate of drug-likeness (QED) is 0.553. The molecule has 0 bridgehead atoms. The Kier molecular flexibility index (Phi) is 3.35. The molecule has 2 heteroatoms. The minimum absolute atomic E-state index is 0.364. The molecule has 0 atom stereocenters. The van der Waals surface area contributed by atoms with Crippen LogP contribution < -0.4 is 0 Å². The number of allylic oxidation sites excluding steroid dienone is 2. The molecule has 0 unspecified atom stereocenters. The van der Waals surface area contributed by atoms with Gasteiger partial charge in [-0.2, -0.15) is 10.5 Å². The summed E-state index contributed by atoms with van der Waals surface area (Å²) >= 11 is 0. The number of nitrogens with zero attached hydrogens (tertiary/aromatic N) is 2. The van der Waals surface area contributed by atoms with Crippen molar-refractivity contribution in [3.05, 3.63) is 11.6 Å². The first kappa shape index (κ1) is 8.81. The highest BCUT2D eigenvalue weighted by Crippen LogP contribution is 2.28. The van der Waals surface area contributed by atoms with Gasteiger partial charge in [-0.05, 0) is 18.8 Å². The van der Waals surface area contributed by atoms with Crippen LogP contribution in [0.3, 0.4) is 0 Å². The molecule has 1 fully saturated rings. The fourth-order valence-electron chi connectivity index (χ4n) is 1.72. The van der Waals surface area contributed by atoms with Crippen LogP contribution in [0, 0.1) is 28.6 Å². The zero-order valence-electron chi connectivity index (χ0n) is 7.08. The highest BCUT2D eigenvalue weighted by Gasteiger charge is 2.17. The molecular weight excluding hydrogens is 148 g/mol. The summed E-state index contributed by atoms with van der Waals surface area (Å²) in [6, 6.07) is 4.04. The minimum atomic E-state index is 0.364. The normalized spacial score (nSPS) is 19.7. The highest BCUT2D eigenvalue weighted by atomic mass is 14.3. The van der Waals surface area contributed by atoms with Crippen LogP contribution in [0.4, 0.5) is 0 Å². The van der Waals surface area contributed by atoms with Gasteiger partial charge in [-0.25, -0.2) is 0 Å². The number of hydrogen-bond acceptors (Lipinski definition) is 2. The number of rotatable bonds is 1. The molecule has 1 rings (SSSR count). The molecule has 1 aliphatic carbocycles. The van der Waals surface area contributed by atoms with E-state index in [1.165, 1.54) is 25.3 Å². The van der Waals surface area contributed by atoms with Gasteiger partial charge in [0.25, 0.3) is 0 Å². The molecule has 0 heterocycles. The van der Waals surface area contributed by atoms with Crippen LogP contribution in [0.15, 0.2) is 11.6 Å². The van der Waals surface area contributed by atoms with Crippen LogP contribution in [0.25, 0.3) is 0 Å². The third-order valence-corrected chi connectivity index (χ3v) is 2.39. The van der Waals surface area contributed by atoms with Crippen molar-refractivity contribution in [3.63, 3.8) is 0 Å². The van der Waals surface area contributed by atoms with E-state index >= 15 is 0 Å². The van der Waals surface area contributed by atoms with Gasteiger partial charge in [-0.3, -0.25) is 0 Å². The molecule has 0 saturated heterocycles. The maximum absolute atomic E-state index is 8.74. The molecule has 0 aromatic heterocycles. The lowest BCUT2D eigenvalue weighted by molar-refractivity contribution is 0.409. The zero-order chi connectivity index (χ0) is 8.81. The Balaban J connectivity index is 2.61. The largest absolute Gasteiger partial charge is 0.193 e. The molecule has 0 aliphatic heterocycles. The Morgan fingerprint density at radius 3 is 2.33 bits per heavy atom. The number of hydrogen-bond donors (Lipinski definition) is 0. The first-order valence-electron chi connectivity index (χ1n) is 4.38. The second kappa shape index (κ2) is 4.57. The lowest BCUT2D eigenvalue weighted by Crippen LogP contribution is -2.07. The van der Waals surface area contributed by atoms with Crippen molar-refractivity contribution in [3.8, 4) is 12.1 Å². The van der Waals surface area contributed by atoms with Crippen LogP contribution in [-0.4, -0.2) is 0 Å². The number of nitriles is 2. The first-order valence-corrected chi connectivity index (χ1v) is 4.38. The maximum Gasteiger partial charge on any atom is 0.0957 e. The summed E-state index contributed by atoms with van der Waals surface area (Å²) in [6.07, 6.45) is 7.25. The summed E-state index contributed by atoms with van der Waals surface area (Å²) in [7, 11) is 0. The van der Waals surface area contributed by atoms with E-state index in [1.807, 2.05) is 6.07 Å². The fraction of sp³-hybridized carbons (Fsp3) is 0.600. The van der Waals surface area contributed by atoms with Gasteiger partial charge in [-0.1, -0.05) is 19.3 Å². The van der Waals surface area contributed by atoms with E-state index in [1.54, 1.807) is 0 Å². The van der Waals surface area contributed by atoms with Gasteiger partial charge < -0.3 is 0 Å². The van der Waals surface area contributed by atoms with Crippen molar-refractivity contribution < 1.29 is 0 Å². The summed E-state index contributed by atoms with van der Waals surface area (Å²) in [5.74, 6) is 0.364. The van der Waals surface area contributed by atoms with Crippen molar-refractivity contribution in [2.24, 2.45) is 5.92 Å². The molecule has 1 saturated carbocycles. The molecule has 62 valence electrons. The minimum Gasteiger partial charge on any atom is -0.193 e. The van der Waals surface area contributed by atoms with Gasteiger partial charge in [0, 0.05) is 11.6 Å². The van der Waals surface area contributed by atoms with Crippen LogP contribution >= 0.6 is 0 Å². The molecule has 0 N–H and O–H groups in total. The monoisotopic (exact) mass is 160 g/mol. The van der Waals surface area contributed by atoms with E-state index in [4.69, 9.17) is 10.5 Å². The van der Waals surface area contributed by atoms with Gasteiger partial charge in [0.2, 0.25) is 0 Å². The van der Waals surface area contributed by atoms with Gasteiger partial charge in [0.1, 0.15) is 0 Å². The molecular formula is C10H12N2. The molecule has 1 aliphatic rings. The molecule has 12 heavy (non-hydrogen) atoms. The molecule has 0 aromatic carbocycles. The van der Waals surface area contributed by atoms with Crippen molar-refractivity contribution >= 4 is 0 Å². The smallest absolute Gasteiger partial charge is 0.0957 e. The lowest BCUT2D eigenvalue weighted by atomic mass is 9.84. The molecule has 0 amide bonds. The Hall–Kier alpha value is -1.28. The van der Waals surface area contributed by atoms with Crippen LogP contribution in [-0.2, 0) is 0 Å². The van der Waals surface area contributed by atoms with Crippen LogP contribution in [0.5, 0.6) is 0 Å². The summed E-state index contributed by atoms with van der Waals surface area (Å²) in [6.45, 7) is 0. The average Bonchev–Trinajstić information content (AvgIpc) is 2.15. The topological polar surface area (TPSA) is 47.6 Å². The molecule has 0 radical (unpaired) electrons. The second-order valence-electron chi connectivity index (χ2n) is 3.18. The van der Waals surface area contributed by atoms with Crippen molar-refractivity contribution in [1.82, 2.24) is 0 Å². The third kappa shape index (κ3) is 2.10. The van der Waals surface area contributed by atoms with Crippen molar-refractivity contribution in [2.75, 3.05) is 0 Å². The summed E-state index contributed by atoms with van der Waals surface area (Å²) in [5, 5.41) is 17.2. The van der Waals surface area contributed by atoms with E-state index in [0.29, 0.717) is 11.5 Å². The Bertz CT molecular complexity index is 246. The van der Waals surface area contributed by atoms with E-state index in [-0.39, 0.29) is 0 Å². The van der Waals surface area contributed by atoms with Crippen LogP contribution in [0.1, 0.15) is 32.1 Å². The summed E-state index contributed by atoms with van der Waals surface area (Å²) in [4.78, 5) is 0. The second-order valence-corrected chi connectivity index (χ2v) is 3.18. The van der Waals surface area contributed by atoms with Gasteiger partial charge in [0.05, 0.1) is 12.1 Å². The maximum atomic E-state index is 8.74. The Morgan fingerprint density at radius 2 is 1.83 bits per heavy atom. The molecule has 0 aromatic rings. The lowest BCUT2D eigenvalue weighted by Gasteiger charge is -2.19. The fourth-order valence-corrected chi connectivity index (χ4v) is 1.72. The highest BCUT2D eigenvalue weighted by molar-refractivity contribution is 5.29. The van der Waals surface area contributed by atoms with Crippen LogP contribution in [0.2, 0.25) is 0 Å². The summed E-state index contributed by atoms with van der Waals surface area (Å²) < 4.78 is 0. The molecule has 2 nitrogen and oxygen atoms in total.